The smallest absolute Gasteiger partial charge is 0.317 e. The van der Waals surface area contributed by atoms with Gasteiger partial charge in [0.25, 0.3) is 6.01 Å². The van der Waals surface area contributed by atoms with Gasteiger partial charge in [-0.2, -0.15) is 4.98 Å². The molecule has 0 unspecified atom stereocenters. The molecule has 2 heterocycles. The second-order valence-corrected chi connectivity index (χ2v) is 7.66. The fourth-order valence-electron chi connectivity index (χ4n) is 4.56. The molecule has 2 fully saturated rings. The largest absolute Gasteiger partial charge is 0.423 e. The first-order valence-electron chi connectivity index (χ1n) is 9.58. The average Bonchev–Trinajstić information content (AvgIpc) is 3.41. The Hall–Kier alpha value is -2.50. The molecule has 2 bridgehead atoms. The number of para-hydroxylation sites is 2. The molecule has 0 spiro atoms. The number of nitrogens with zero attached hydrogens (tertiary/aromatic N) is 3. The number of aromatic nitrogens is 1. The van der Waals surface area contributed by atoms with Gasteiger partial charge in [0.2, 0.25) is 0 Å². The van der Waals surface area contributed by atoms with E-state index in [-0.39, 0.29) is 6.03 Å². The van der Waals surface area contributed by atoms with Crippen molar-refractivity contribution in [3.8, 4) is 0 Å². The number of carbonyl (C=O) groups excluding carboxylic acids is 1. The van der Waals surface area contributed by atoms with Crippen molar-refractivity contribution in [2.24, 2.45) is 17.8 Å². The number of urea groups is 1. The third kappa shape index (κ3) is 2.83. The summed E-state index contributed by atoms with van der Waals surface area (Å²) in [5, 5.41) is 3.15. The maximum atomic E-state index is 12.5. The number of allylic oxidation sites excluding steroid dienone is 2. The first kappa shape index (κ1) is 15.7. The van der Waals surface area contributed by atoms with E-state index in [2.05, 4.69) is 27.4 Å². The molecule has 1 aromatic carbocycles. The highest BCUT2D eigenvalue weighted by molar-refractivity contribution is 5.75. The summed E-state index contributed by atoms with van der Waals surface area (Å²) in [7, 11) is 0. The van der Waals surface area contributed by atoms with Crippen LogP contribution < -0.4 is 10.2 Å². The zero-order chi connectivity index (χ0) is 17.5. The number of piperazine rings is 1. The predicted octanol–water partition coefficient (Wildman–Crippen LogP) is 2.87. The number of oxazole rings is 1. The Kier molecular flexibility index (Phi) is 3.84. The van der Waals surface area contributed by atoms with E-state index < -0.39 is 0 Å². The molecule has 1 aromatic heterocycles. The molecule has 2 aromatic rings. The molecule has 2 amide bonds. The van der Waals surface area contributed by atoms with Crippen LogP contribution in [0, 0.1) is 17.8 Å². The zero-order valence-corrected chi connectivity index (χ0v) is 14.8. The zero-order valence-electron chi connectivity index (χ0n) is 14.8. The average molecular weight is 352 g/mol. The van der Waals surface area contributed by atoms with Gasteiger partial charge >= 0.3 is 6.03 Å². The molecule has 1 saturated carbocycles. The molecule has 3 aliphatic rings. The Labute approximate surface area is 152 Å². The standard InChI is InChI=1S/C20H24N4O2/c25-19(21-13-16-12-14-5-6-15(16)11-14)23-7-9-24(10-8-23)20-22-17-3-1-2-4-18(17)26-20/h1-6,14-16H,7-13H2,(H,21,25)/t14-,15+,16+/m1/s1. The number of amides is 2. The van der Waals surface area contributed by atoms with Crippen LogP contribution in [0.1, 0.15) is 12.8 Å². The van der Waals surface area contributed by atoms with Crippen LogP contribution >= 0.6 is 0 Å². The van der Waals surface area contributed by atoms with Gasteiger partial charge in [-0.25, -0.2) is 4.79 Å². The SMILES string of the molecule is O=C(NC[C@@H]1C[C@@H]2C=C[C@H]1C2)N1CCN(c2nc3ccccc3o2)CC1. The summed E-state index contributed by atoms with van der Waals surface area (Å²) in [6.07, 6.45) is 7.19. The van der Waals surface area contributed by atoms with Gasteiger partial charge in [-0.05, 0) is 42.7 Å². The van der Waals surface area contributed by atoms with Gasteiger partial charge in [0.05, 0.1) is 0 Å². The third-order valence-electron chi connectivity index (χ3n) is 6.05. The molecule has 6 nitrogen and oxygen atoms in total. The highest BCUT2D eigenvalue weighted by Gasteiger charge is 2.35. The highest BCUT2D eigenvalue weighted by Crippen LogP contribution is 2.42. The second kappa shape index (κ2) is 6.34. The number of anilines is 1. The van der Waals surface area contributed by atoms with E-state index in [0.29, 0.717) is 30.9 Å². The van der Waals surface area contributed by atoms with Crippen molar-refractivity contribution >= 4 is 23.1 Å². The van der Waals surface area contributed by atoms with Crippen molar-refractivity contribution in [2.75, 3.05) is 37.6 Å². The lowest BCUT2D eigenvalue weighted by atomic mass is 9.94. The molecule has 1 saturated heterocycles. The van der Waals surface area contributed by atoms with E-state index >= 15 is 0 Å². The maximum Gasteiger partial charge on any atom is 0.317 e. The minimum Gasteiger partial charge on any atom is -0.423 e. The number of hydrogen-bond acceptors (Lipinski definition) is 4. The van der Waals surface area contributed by atoms with Crippen LogP contribution in [0.25, 0.3) is 11.1 Å². The van der Waals surface area contributed by atoms with E-state index in [1.807, 2.05) is 29.2 Å². The van der Waals surface area contributed by atoms with E-state index in [9.17, 15) is 4.79 Å². The van der Waals surface area contributed by atoms with E-state index in [4.69, 9.17) is 4.42 Å². The molecule has 2 aliphatic carbocycles. The van der Waals surface area contributed by atoms with Crippen molar-refractivity contribution in [2.45, 2.75) is 12.8 Å². The summed E-state index contributed by atoms with van der Waals surface area (Å²) >= 11 is 0. The monoisotopic (exact) mass is 352 g/mol. The summed E-state index contributed by atoms with van der Waals surface area (Å²) in [5.41, 5.74) is 1.69. The van der Waals surface area contributed by atoms with Gasteiger partial charge in [-0.15, -0.1) is 0 Å². The lowest BCUT2D eigenvalue weighted by Crippen LogP contribution is -2.52. The quantitative estimate of drug-likeness (QED) is 0.863. The van der Waals surface area contributed by atoms with Crippen LogP contribution in [0.15, 0.2) is 40.8 Å². The minimum atomic E-state index is 0.0639. The molecular weight excluding hydrogens is 328 g/mol. The van der Waals surface area contributed by atoms with Crippen molar-refractivity contribution in [3.05, 3.63) is 36.4 Å². The number of nitrogens with one attached hydrogen (secondary N) is 1. The summed E-state index contributed by atoms with van der Waals surface area (Å²) in [6, 6.07) is 8.51. The van der Waals surface area contributed by atoms with Crippen molar-refractivity contribution < 1.29 is 9.21 Å². The molecule has 26 heavy (non-hydrogen) atoms. The lowest BCUT2D eigenvalue weighted by Gasteiger charge is -2.34. The van der Waals surface area contributed by atoms with E-state index in [1.54, 1.807) is 0 Å². The third-order valence-corrected chi connectivity index (χ3v) is 6.05. The van der Waals surface area contributed by atoms with Gasteiger partial charge in [-0.1, -0.05) is 24.3 Å². The topological polar surface area (TPSA) is 61.6 Å². The molecule has 5 rings (SSSR count). The van der Waals surface area contributed by atoms with Gasteiger partial charge in [0.1, 0.15) is 5.52 Å². The normalized spacial score (nSPS) is 27.5. The first-order chi connectivity index (χ1) is 12.8. The molecule has 136 valence electrons. The number of fused-ring (bicyclic) bond motifs is 3. The van der Waals surface area contributed by atoms with Crippen LogP contribution in [0.4, 0.5) is 10.8 Å². The summed E-state index contributed by atoms with van der Waals surface area (Å²) in [5.74, 6) is 2.05. The number of carbonyl (C=O) groups is 1. The van der Waals surface area contributed by atoms with Crippen LogP contribution in [-0.2, 0) is 0 Å². The molecule has 3 atom stereocenters. The van der Waals surface area contributed by atoms with Gasteiger partial charge in [-0.3, -0.25) is 0 Å². The van der Waals surface area contributed by atoms with Gasteiger partial charge < -0.3 is 19.5 Å². The second-order valence-electron chi connectivity index (χ2n) is 7.66. The molecule has 0 radical (unpaired) electrons. The Morgan fingerprint density at radius 3 is 2.73 bits per heavy atom. The number of hydrogen-bond donors (Lipinski definition) is 1. The highest BCUT2D eigenvalue weighted by atomic mass is 16.4. The summed E-state index contributed by atoms with van der Waals surface area (Å²) in [4.78, 5) is 21.1. The Bertz CT molecular complexity index is 804. The Morgan fingerprint density at radius 1 is 1.15 bits per heavy atom. The van der Waals surface area contributed by atoms with Gasteiger partial charge in [0.15, 0.2) is 5.58 Å². The van der Waals surface area contributed by atoms with Crippen LogP contribution in [0.2, 0.25) is 0 Å². The number of benzene rings is 1. The van der Waals surface area contributed by atoms with E-state index in [1.165, 1.54) is 12.8 Å². The molecule has 1 N–H and O–H groups in total. The fraction of sp³-hybridized carbons (Fsp3) is 0.500. The first-order valence-corrected chi connectivity index (χ1v) is 9.58. The molecular formula is C20H24N4O2. The fourth-order valence-corrected chi connectivity index (χ4v) is 4.56. The van der Waals surface area contributed by atoms with Crippen LogP contribution in [-0.4, -0.2) is 48.6 Å². The van der Waals surface area contributed by atoms with E-state index in [0.717, 1.165) is 36.7 Å². The maximum absolute atomic E-state index is 12.5. The van der Waals surface area contributed by atoms with Crippen LogP contribution in [0.5, 0.6) is 0 Å². The lowest BCUT2D eigenvalue weighted by molar-refractivity contribution is 0.190. The predicted molar refractivity (Wildman–Crippen MR) is 100 cm³/mol. The molecule has 1 aliphatic heterocycles. The number of rotatable bonds is 3. The van der Waals surface area contributed by atoms with Crippen molar-refractivity contribution in [1.29, 1.82) is 0 Å². The Balaban J connectivity index is 1.14. The summed E-state index contributed by atoms with van der Waals surface area (Å²) < 4.78 is 5.84. The molecule has 6 heteroatoms. The van der Waals surface area contributed by atoms with Gasteiger partial charge in [0, 0.05) is 32.7 Å². The summed E-state index contributed by atoms with van der Waals surface area (Å²) in [6.45, 7) is 3.69. The minimum absolute atomic E-state index is 0.0639. The van der Waals surface area contributed by atoms with Crippen molar-refractivity contribution in [3.63, 3.8) is 0 Å². The van der Waals surface area contributed by atoms with Crippen molar-refractivity contribution in [1.82, 2.24) is 15.2 Å². The Morgan fingerprint density at radius 2 is 2.00 bits per heavy atom. The van der Waals surface area contributed by atoms with Crippen LogP contribution in [0.3, 0.4) is 0 Å².